The Balaban J connectivity index is 0.00000161. The fourth-order valence-corrected chi connectivity index (χ4v) is 3.27. The molecular weight excluding hydrogens is 288 g/mol. The zero-order chi connectivity index (χ0) is 13.8. The van der Waals surface area contributed by atoms with E-state index in [2.05, 4.69) is 5.32 Å². The van der Waals surface area contributed by atoms with Crippen LogP contribution in [0.4, 0.5) is 0 Å². The van der Waals surface area contributed by atoms with Crippen LogP contribution in [0.5, 0.6) is 5.75 Å². The maximum atomic E-state index is 12.2. The highest BCUT2D eigenvalue weighted by Gasteiger charge is 2.40. The third-order valence-electron chi connectivity index (χ3n) is 4.56. The fraction of sp³-hybridized carbons (Fsp3) is 0.562. The summed E-state index contributed by atoms with van der Waals surface area (Å²) in [5.74, 6) is 0.876. The molecule has 0 radical (unpaired) electrons. The highest BCUT2D eigenvalue weighted by Crippen LogP contribution is 2.38. The van der Waals surface area contributed by atoms with Gasteiger partial charge in [0.05, 0.1) is 0 Å². The van der Waals surface area contributed by atoms with Crippen LogP contribution in [0.15, 0.2) is 30.3 Å². The number of nitrogens with zero attached hydrogens (tertiary/aromatic N) is 1. The first-order chi connectivity index (χ1) is 9.77. The van der Waals surface area contributed by atoms with E-state index >= 15 is 0 Å². The standard InChI is InChI=1S/C16H22N2O2.ClH/c19-15(12-20-14-4-2-1-3-5-14)18-11-8-16(13-18)6-9-17-10-7-16;/h1-5,17H,6-13H2;1H. The topological polar surface area (TPSA) is 41.6 Å². The molecule has 0 aliphatic carbocycles. The molecule has 116 valence electrons. The van der Waals surface area contributed by atoms with Gasteiger partial charge in [0.2, 0.25) is 0 Å². The number of hydrogen-bond acceptors (Lipinski definition) is 3. The molecule has 2 heterocycles. The molecule has 1 aromatic rings. The van der Waals surface area contributed by atoms with Crippen molar-refractivity contribution < 1.29 is 9.53 Å². The summed E-state index contributed by atoms with van der Waals surface area (Å²) in [6.07, 6.45) is 3.53. The Bertz CT molecular complexity index is 461. The maximum Gasteiger partial charge on any atom is 0.260 e. The van der Waals surface area contributed by atoms with Gasteiger partial charge in [0.25, 0.3) is 5.91 Å². The fourth-order valence-electron chi connectivity index (χ4n) is 3.27. The molecule has 3 rings (SSSR count). The van der Waals surface area contributed by atoms with Crippen LogP contribution in [0.25, 0.3) is 0 Å². The molecule has 0 saturated carbocycles. The maximum absolute atomic E-state index is 12.2. The SMILES string of the molecule is Cl.O=C(COc1ccccc1)N1CCC2(CCNCC2)C1. The van der Waals surface area contributed by atoms with Gasteiger partial charge in [-0.2, -0.15) is 0 Å². The summed E-state index contributed by atoms with van der Waals surface area (Å²) in [5.41, 5.74) is 0.369. The quantitative estimate of drug-likeness (QED) is 0.929. The second-order valence-electron chi connectivity index (χ2n) is 5.92. The van der Waals surface area contributed by atoms with Crippen LogP contribution in [-0.4, -0.2) is 43.6 Å². The van der Waals surface area contributed by atoms with Crippen LogP contribution in [0.2, 0.25) is 0 Å². The third kappa shape index (κ3) is 3.89. The molecule has 2 aliphatic heterocycles. The van der Waals surface area contributed by atoms with E-state index in [1.807, 2.05) is 35.2 Å². The van der Waals surface area contributed by atoms with E-state index in [0.717, 1.165) is 38.3 Å². The van der Waals surface area contributed by atoms with Crippen molar-refractivity contribution in [3.05, 3.63) is 30.3 Å². The molecular formula is C16H23ClN2O2. The molecule has 1 spiro atoms. The summed E-state index contributed by atoms with van der Waals surface area (Å²) >= 11 is 0. The minimum atomic E-state index is 0. The lowest BCUT2D eigenvalue weighted by atomic mass is 9.78. The Morgan fingerprint density at radius 2 is 1.90 bits per heavy atom. The number of piperidine rings is 1. The molecule has 0 atom stereocenters. The first-order valence-corrected chi connectivity index (χ1v) is 7.44. The highest BCUT2D eigenvalue weighted by molar-refractivity contribution is 5.85. The molecule has 2 aliphatic rings. The molecule has 2 saturated heterocycles. The molecule has 2 fully saturated rings. The van der Waals surface area contributed by atoms with Crippen molar-refractivity contribution in [3.8, 4) is 5.75 Å². The number of rotatable bonds is 3. The van der Waals surface area contributed by atoms with Gasteiger partial charge in [-0.05, 0) is 49.9 Å². The van der Waals surface area contributed by atoms with E-state index in [1.54, 1.807) is 0 Å². The minimum absolute atomic E-state index is 0. The number of amides is 1. The Kier molecular flexibility index (Phi) is 5.48. The van der Waals surface area contributed by atoms with Crippen molar-refractivity contribution in [1.29, 1.82) is 0 Å². The summed E-state index contributed by atoms with van der Waals surface area (Å²) in [5, 5.41) is 3.40. The summed E-state index contributed by atoms with van der Waals surface area (Å²) in [7, 11) is 0. The molecule has 21 heavy (non-hydrogen) atoms. The number of likely N-dealkylation sites (tertiary alicyclic amines) is 1. The Hall–Kier alpha value is -1.26. The van der Waals surface area contributed by atoms with Gasteiger partial charge >= 0.3 is 0 Å². The highest BCUT2D eigenvalue weighted by atomic mass is 35.5. The molecule has 1 amide bonds. The monoisotopic (exact) mass is 310 g/mol. The van der Waals surface area contributed by atoms with E-state index in [0.29, 0.717) is 5.41 Å². The molecule has 1 N–H and O–H groups in total. The average molecular weight is 311 g/mol. The number of benzene rings is 1. The van der Waals surface area contributed by atoms with Crippen LogP contribution in [0.3, 0.4) is 0 Å². The molecule has 4 nitrogen and oxygen atoms in total. The zero-order valence-electron chi connectivity index (χ0n) is 12.2. The first kappa shape index (κ1) is 16.1. The second kappa shape index (κ2) is 7.14. The van der Waals surface area contributed by atoms with Gasteiger partial charge in [-0.1, -0.05) is 18.2 Å². The van der Waals surface area contributed by atoms with Gasteiger partial charge in [0.1, 0.15) is 5.75 Å². The van der Waals surface area contributed by atoms with Crippen molar-refractivity contribution in [1.82, 2.24) is 10.2 Å². The first-order valence-electron chi connectivity index (χ1n) is 7.44. The summed E-state index contributed by atoms with van der Waals surface area (Å²) in [6, 6.07) is 9.53. The van der Waals surface area contributed by atoms with Crippen molar-refractivity contribution in [2.24, 2.45) is 5.41 Å². The minimum Gasteiger partial charge on any atom is -0.484 e. The Morgan fingerprint density at radius 3 is 2.62 bits per heavy atom. The van der Waals surface area contributed by atoms with E-state index in [9.17, 15) is 4.79 Å². The molecule has 0 unspecified atom stereocenters. The van der Waals surface area contributed by atoms with Crippen LogP contribution in [-0.2, 0) is 4.79 Å². The van der Waals surface area contributed by atoms with Gasteiger partial charge in [-0.15, -0.1) is 12.4 Å². The predicted octanol–water partition coefficient (Wildman–Crippen LogP) is 2.09. The molecule has 0 bridgehead atoms. The van der Waals surface area contributed by atoms with Gasteiger partial charge < -0.3 is 15.0 Å². The molecule has 5 heteroatoms. The number of para-hydroxylation sites is 1. The van der Waals surface area contributed by atoms with Crippen molar-refractivity contribution in [2.45, 2.75) is 19.3 Å². The normalized spacial score (nSPS) is 20.1. The van der Waals surface area contributed by atoms with Gasteiger partial charge in [-0.25, -0.2) is 0 Å². The number of nitrogens with one attached hydrogen (secondary N) is 1. The smallest absolute Gasteiger partial charge is 0.260 e. The average Bonchev–Trinajstić information content (AvgIpc) is 2.90. The van der Waals surface area contributed by atoms with E-state index < -0.39 is 0 Å². The van der Waals surface area contributed by atoms with E-state index in [1.165, 1.54) is 12.8 Å². The largest absolute Gasteiger partial charge is 0.484 e. The van der Waals surface area contributed by atoms with Crippen LogP contribution in [0, 0.1) is 5.41 Å². The lowest BCUT2D eigenvalue weighted by Gasteiger charge is -2.33. The number of hydrogen-bond donors (Lipinski definition) is 1. The van der Waals surface area contributed by atoms with Gasteiger partial charge in [0, 0.05) is 13.1 Å². The Labute approximate surface area is 132 Å². The number of halogens is 1. The summed E-state index contributed by atoms with van der Waals surface area (Å²) in [4.78, 5) is 14.2. The van der Waals surface area contributed by atoms with E-state index in [-0.39, 0.29) is 24.9 Å². The number of ether oxygens (including phenoxy) is 1. The second-order valence-corrected chi connectivity index (χ2v) is 5.92. The van der Waals surface area contributed by atoms with E-state index in [4.69, 9.17) is 4.74 Å². The Morgan fingerprint density at radius 1 is 1.19 bits per heavy atom. The number of carbonyl (C=O) groups excluding carboxylic acids is 1. The number of carbonyl (C=O) groups is 1. The zero-order valence-corrected chi connectivity index (χ0v) is 13.0. The van der Waals surface area contributed by atoms with Crippen LogP contribution < -0.4 is 10.1 Å². The van der Waals surface area contributed by atoms with Gasteiger partial charge in [0.15, 0.2) is 6.61 Å². The third-order valence-corrected chi connectivity index (χ3v) is 4.56. The van der Waals surface area contributed by atoms with Crippen LogP contribution in [0.1, 0.15) is 19.3 Å². The predicted molar refractivity (Wildman–Crippen MR) is 84.9 cm³/mol. The summed E-state index contributed by atoms with van der Waals surface area (Å²) < 4.78 is 5.55. The van der Waals surface area contributed by atoms with Crippen molar-refractivity contribution in [3.63, 3.8) is 0 Å². The van der Waals surface area contributed by atoms with Gasteiger partial charge in [-0.3, -0.25) is 4.79 Å². The van der Waals surface area contributed by atoms with Crippen molar-refractivity contribution >= 4 is 18.3 Å². The summed E-state index contributed by atoms with van der Waals surface area (Å²) in [6.45, 7) is 4.12. The lowest BCUT2D eigenvalue weighted by molar-refractivity contribution is -0.132. The lowest BCUT2D eigenvalue weighted by Crippen LogP contribution is -2.40. The molecule has 0 aromatic heterocycles. The molecule has 1 aromatic carbocycles. The van der Waals surface area contributed by atoms with Crippen molar-refractivity contribution in [2.75, 3.05) is 32.8 Å². The van der Waals surface area contributed by atoms with Crippen LogP contribution >= 0.6 is 12.4 Å².